The van der Waals surface area contributed by atoms with E-state index >= 15 is 0 Å². The molecule has 31 heavy (non-hydrogen) atoms. The summed E-state index contributed by atoms with van der Waals surface area (Å²) in [6, 6.07) is 9.39. The van der Waals surface area contributed by atoms with Crippen molar-refractivity contribution in [2.24, 2.45) is 11.3 Å². The number of carboxylic acids is 1. The Morgan fingerprint density at radius 3 is 2.26 bits per heavy atom. The third-order valence-corrected chi connectivity index (χ3v) is 5.97. The number of aliphatic carboxylic acids is 1. The Morgan fingerprint density at radius 1 is 1.06 bits per heavy atom. The van der Waals surface area contributed by atoms with Crippen LogP contribution >= 0.6 is 0 Å². The predicted molar refractivity (Wildman–Crippen MR) is 113 cm³/mol. The normalized spacial score (nSPS) is 24.0. The van der Waals surface area contributed by atoms with E-state index in [0.29, 0.717) is 12.8 Å². The van der Waals surface area contributed by atoms with Gasteiger partial charge in [0.25, 0.3) is 0 Å². The fourth-order valence-corrected chi connectivity index (χ4v) is 4.56. The quantitative estimate of drug-likeness (QED) is 0.781. The molecule has 1 heterocycles. The molecule has 2 atom stereocenters. The third kappa shape index (κ3) is 5.68. The van der Waals surface area contributed by atoms with E-state index in [-0.39, 0.29) is 32.8 Å². The van der Waals surface area contributed by atoms with Crippen LogP contribution < -0.4 is 0 Å². The molecule has 2 aliphatic rings. The zero-order chi connectivity index (χ0) is 22.6. The van der Waals surface area contributed by atoms with E-state index in [0.717, 1.165) is 12.0 Å². The van der Waals surface area contributed by atoms with Crippen molar-refractivity contribution in [2.45, 2.75) is 52.2 Å². The smallest absolute Gasteiger partial charge is 0.410 e. The summed E-state index contributed by atoms with van der Waals surface area (Å²) in [5.74, 6) is -1.51. The lowest BCUT2D eigenvalue weighted by molar-refractivity contribution is -0.146. The summed E-state index contributed by atoms with van der Waals surface area (Å²) in [7, 11) is 0. The molecule has 1 aromatic carbocycles. The van der Waals surface area contributed by atoms with Gasteiger partial charge in [-0.2, -0.15) is 0 Å². The van der Waals surface area contributed by atoms with E-state index < -0.39 is 35.1 Å². The van der Waals surface area contributed by atoms with Crippen LogP contribution in [0.4, 0.5) is 9.59 Å². The number of amides is 2. The molecule has 0 radical (unpaired) electrons. The molecule has 3 rings (SSSR count). The Hall–Kier alpha value is -2.77. The van der Waals surface area contributed by atoms with Crippen molar-refractivity contribution in [1.82, 2.24) is 9.80 Å². The number of carboxylic acid groups (broad SMARTS) is 1. The highest BCUT2D eigenvalue weighted by atomic mass is 16.6. The van der Waals surface area contributed by atoms with Gasteiger partial charge in [-0.05, 0) is 39.2 Å². The first-order chi connectivity index (χ1) is 14.6. The first kappa shape index (κ1) is 22.9. The Labute approximate surface area is 183 Å². The molecule has 2 fully saturated rings. The summed E-state index contributed by atoms with van der Waals surface area (Å²) in [5.41, 5.74) is -0.502. The summed E-state index contributed by atoms with van der Waals surface area (Å²) in [6.07, 6.45) is 0.926. The molecule has 2 unspecified atom stereocenters. The Bertz CT molecular complexity index is 806. The number of hydrogen-bond donors (Lipinski definition) is 1. The number of carbonyl (C=O) groups is 3. The molecule has 1 N–H and O–H groups in total. The van der Waals surface area contributed by atoms with Crippen LogP contribution in [0.3, 0.4) is 0 Å². The van der Waals surface area contributed by atoms with Crippen molar-refractivity contribution in [2.75, 3.05) is 26.2 Å². The highest BCUT2D eigenvalue weighted by Crippen LogP contribution is 2.46. The van der Waals surface area contributed by atoms with Gasteiger partial charge in [0.1, 0.15) is 12.2 Å². The summed E-state index contributed by atoms with van der Waals surface area (Å²) >= 11 is 0. The van der Waals surface area contributed by atoms with Gasteiger partial charge in [-0.25, -0.2) is 9.59 Å². The van der Waals surface area contributed by atoms with E-state index in [1.807, 2.05) is 30.3 Å². The molecular weight excluding hydrogens is 400 g/mol. The molecule has 1 aliphatic carbocycles. The molecule has 0 aromatic heterocycles. The monoisotopic (exact) mass is 432 g/mol. The summed E-state index contributed by atoms with van der Waals surface area (Å²) in [6.45, 7) is 6.55. The van der Waals surface area contributed by atoms with Crippen LogP contribution in [0.5, 0.6) is 0 Å². The topological polar surface area (TPSA) is 96.4 Å². The van der Waals surface area contributed by atoms with E-state index in [9.17, 15) is 19.5 Å². The van der Waals surface area contributed by atoms with Gasteiger partial charge in [0.2, 0.25) is 0 Å². The zero-order valence-electron chi connectivity index (χ0n) is 18.5. The van der Waals surface area contributed by atoms with Crippen molar-refractivity contribution in [3.05, 3.63) is 35.9 Å². The molecule has 2 amide bonds. The Kier molecular flexibility index (Phi) is 6.77. The summed E-state index contributed by atoms with van der Waals surface area (Å²) < 4.78 is 11.0. The Balaban J connectivity index is 1.78. The second-order valence-corrected chi connectivity index (χ2v) is 9.51. The molecule has 8 nitrogen and oxygen atoms in total. The minimum absolute atomic E-state index is 0.140. The van der Waals surface area contributed by atoms with Gasteiger partial charge >= 0.3 is 18.2 Å². The van der Waals surface area contributed by atoms with Crippen molar-refractivity contribution in [3.63, 3.8) is 0 Å². The van der Waals surface area contributed by atoms with Crippen LogP contribution in [-0.4, -0.2) is 64.8 Å². The molecule has 1 saturated carbocycles. The predicted octanol–water partition coefficient (Wildman–Crippen LogP) is 3.75. The van der Waals surface area contributed by atoms with Gasteiger partial charge in [0.05, 0.1) is 5.92 Å². The van der Waals surface area contributed by atoms with Crippen LogP contribution in [0.25, 0.3) is 0 Å². The van der Waals surface area contributed by atoms with E-state index in [1.165, 1.54) is 0 Å². The van der Waals surface area contributed by atoms with Gasteiger partial charge in [0.15, 0.2) is 0 Å². The van der Waals surface area contributed by atoms with Gasteiger partial charge in [-0.3, -0.25) is 4.79 Å². The van der Waals surface area contributed by atoms with Crippen molar-refractivity contribution >= 4 is 18.2 Å². The molecule has 1 saturated heterocycles. The maximum atomic E-state index is 12.9. The third-order valence-electron chi connectivity index (χ3n) is 5.97. The van der Waals surface area contributed by atoms with Crippen LogP contribution in [0.15, 0.2) is 30.3 Å². The average Bonchev–Trinajstić information content (AvgIpc) is 3.00. The lowest BCUT2D eigenvalue weighted by atomic mass is 9.77. The maximum absolute atomic E-state index is 12.9. The van der Waals surface area contributed by atoms with Crippen LogP contribution in [-0.2, 0) is 20.9 Å². The van der Waals surface area contributed by atoms with Crippen LogP contribution in [0.1, 0.15) is 45.6 Å². The molecule has 1 aliphatic heterocycles. The summed E-state index contributed by atoms with van der Waals surface area (Å²) in [5, 5.41) is 9.84. The van der Waals surface area contributed by atoms with E-state index in [4.69, 9.17) is 9.47 Å². The SMILES string of the molecule is CC(C)(C)OC(=O)N1CCN(C(=O)OCc2ccccc2)CC2(CCCC2C(=O)O)C1. The van der Waals surface area contributed by atoms with Crippen molar-refractivity contribution < 1.29 is 29.0 Å². The maximum Gasteiger partial charge on any atom is 0.410 e. The second kappa shape index (κ2) is 9.16. The average molecular weight is 433 g/mol. The number of carbonyl (C=O) groups excluding carboxylic acids is 2. The zero-order valence-corrected chi connectivity index (χ0v) is 18.5. The standard InChI is InChI=1S/C23H32N2O6/c1-22(2,3)31-21(29)25-13-12-24(20(28)30-14-17-8-5-4-6-9-17)15-23(16-25)11-7-10-18(23)19(26)27/h4-6,8-9,18H,7,10-16H2,1-3H3,(H,26,27). The lowest BCUT2D eigenvalue weighted by Gasteiger charge is -2.37. The fourth-order valence-electron chi connectivity index (χ4n) is 4.56. The van der Waals surface area contributed by atoms with Gasteiger partial charge < -0.3 is 24.4 Å². The lowest BCUT2D eigenvalue weighted by Crippen LogP contribution is -2.48. The Morgan fingerprint density at radius 2 is 1.68 bits per heavy atom. The second-order valence-electron chi connectivity index (χ2n) is 9.51. The summed E-state index contributed by atoms with van der Waals surface area (Å²) in [4.78, 5) is 40.8. The number of ether oxygens (including phenoxy) is 2. The largest absolute Gasteiger partial charge is 0.481 e. The number of benzene rings is 1. The molecule has 1 spiro atoms. The number of rotatable bonds is 3. The highest BCUT2D eigenvalue weighted by Gasteiger charge is 2.51. The van der Waals surface area contributed by atoms with Gasteiger partial charge in [-0.1, -0.05) is 36.8 Å². The molecular formula is C23H32N2O6. The van der Waals surface area contributed by atoms with Gasteiger partial charge in [-0.15, -0.1) is 0 Å². The highest BCUT2D eigenvalue weighted by molar-refractivity contribution is 5.73. The van der Waals surface area contributed by atoms with Crippen molar-refractivity contribution in [1.29, 1.82) is 0 Å². The number of hydrogen-bond acceptors (Lipinski definition) is 5. The molecule has 1 aromatic rings. The van der Waals surface area contributed by atoms with Crippen LogP contribution in [0.2, 0.25) is 0 Å². The van der Waals surface area contributed by atoms with Crippen molar-refractivity contribution in [3.8, 4) is 0 Å². The first-order valence-electron chi connectivity index (χ1n) is 10.8. The minimum atomic E-state index is -0.888. The van der Waals surface area contributed by atoms with Gasteiger partial charge in [0, 0.05) is 31.6 Å². The first-order valence-corrected chi connectivity index (χ1v) is 10.8. The molecule has 8 heteroatoms. The van der Waals surface area contributed by atoms with E-state index in [1.54, 1.807) is 30.6 Å². The minimum Gasteiger partial charge on any atom is -0.481 e. The van der Waals surface area contributed by atoms with E-state index in [2.05, 4.69) is 0 Å². The fraction of sp³-hybridized carbons (Fsp3) is 0.609. The molecule has 170 valence electrons. The van der Waals surface area contributed by atoms with Crippen LogP contribution in [0, 0.1) is 11.3 Å². The number of nitrogens with zero attached hydrogens (tertiary/aromatic N) is 2. The molecule has 0 bridgehead atoms.